The lowest BCUT2D eigenvalue weighted by atomic mass is 10.1. The van der Waals surface area contributed by atoms with E-state index in [0.717, 1.165) is 31.4 Å². The summed E-state index contributed by atoms with van der Waals surface area (Å²) >= 11 is 0. The second-order valence-corrected chi connectivity index (χ2v) is 4.10. The summed E-state index contributed by atoms with van der Waals surface area (Å²) < 4.78 is 40.0. The van der Waals surface area contributed by atoms with Gasteiger partial charge in [0.05, 0.1) is 0 Å². The Morgan fingerprint density at radius 3 is 2.38 bits per heavy atom. The molecule has 0 spiro atoms. The molecule has 0 amide bonds. The lowest BCUT2D eigenvalue weighted by Crippen LogP contribution is -2.32. The number of benzene rings is 1. The number of likely N-dealkylation sites (tertiary alicyclic amines) is 1. The first-order chi connectivity index (χ1) is 7.68. The molecule has 1 nitrogen and oxygen atoms in total. The van der Waals surface area contributed by atoms with Crippen LogP contribution in [0.4, 0.5) is 13.2 Å². The quantitative estimate of drug-likeness (QED) is 0.702. The Bertz CT molecular complexity index is 361. The summed E-state index contributed by atoms with van der Waals surface area (Å²) in [7, 11) is 0. The lowest BCUT2D eigenvalue weighted by molar-refractivity contribution is 0.0606. The highest BCUT2D eigenvalue weighted by molar-refractivity contribution is 5.20. The zero-order valence-electron chi connectivity index (χ0n) is 8.93. The molecule has 1 fully saturated rings. The minimum Gasteiger partial charge on any atom is -0.270 e. The van der Waals surface area contributed by atoms with Crippen molar-refractivity contribution in [2.45, 2.75) is 25.6 Å². The third kappa shape index (κ3) is 2.38. The van der Waals surface area contributed by atoms with Crippen molar-refractivity contribution in [3.63, 3.8) is 0 Å². The van der Waals surface area contributed by atoms with Gasteiger partial charge in [0.1, 0.15) is 11.6 Å². The summed E-state index contributed by atoms with van der Waals surface area (Å²) in [5.41, 5.74) is -0.0664. The molecule has 0 aliphatic carbocycles. The average molecular weight is 229 g/mol. The predicted octanol–water partition coefficient (Wildman–Crippen LogP) is 3.42. The first kappa shape index (κ1) is 11.5. The van der Waals surface area contributed by atoms with Gasteiger partial charge in [-0.3, -0.25) is 4.90 Å². The monoisotopic (exact) mass is 229 g/mol. The van der Waals surface area contributed by atoms with Gasteiger partial charge in [-0.25, -0.2) is 13.2 Å². The van der Waals surface area contributed by atoms with Gasteiger partial charge in [-0.05, 0) is 25.0 Å². The van der Waals surface area contributed by atoms with Crippen LogP contribution in [-0.4, -0.2) is 18.0 Å². The average Bonchev–Trinajstić information content (AvgIpc) is 2.29. The summed E-state index contributed by atoms with van der Waals surface area (Å²) in [6, 6.07) is 3.00. The van der Waals surface area contributed by atoms with Gasteiger partial charge in [-0.15, -0.1) is 0 Å². The van der Waals surface area contributed by atoms with Crippen LogP contribution in [0.2, 0.25) is 0 Å². The molecule has 1 aliphatic heterocycles. The van der Waals surface area contributed by atoms with Crippen molar-refractivity contribution in [1.29, 1.82) is 0 Å². The maximum absolute atomic E-state index is 14.0. The molecule has 1 atom stereocenters. The highest BCUT2D eigenvalue weighted by atomic mass is 19.1. The van der Waals surface area contributed by atoms with Crippen molar-refractivity contribution >= 4 is 0 Å². The maximum Gasteiger partial charge on any atom is 0.182 e. The first-order valence-corrected chi connectivity index (χ1v) is 5.51. The van der Waals surface area contributed by atoms with Gasteiger partial charge in [0.2, 0.25) is 0 Å². The van der Waals surface area contributed by atoms with E-state index < -0.39 is 17.9 Å². The third-order valence-electron chi connectivity index (χ3n) is 2.93. The number of piperidine rings is 1. The molecule has 0 N–H and O–H groups in total. The molecule has 0 radical (unpaired) electrons. The Morgan fingerprint density at radius 1 is 1.06 bits per heavy atom. The van der Waals surface area contributed by atoms with Crippen LogP contribution in [0.1, 0.15) is 31.1 Å². The van der Waals surface area contributed by atoms with E-state index >= 15 is 0 Å². The van der Waals surface area contributed by atoms with Crippen LogP contribution in [0, 0.1) is 11.6 Å². The molecular weight excluding hydrogens is 215 g/mol. The molecule has 1 saturated heterocycles. The van der Waals surface area contributed by atoms with Gasteiger partial charge in [0.15, 0.2) is 6.30 Å². The van der Waals surface area contributed by atoms with Crippen molar-refractivity contribution in [2.24, 2.45) is 0 Å². The number of halogens is 3. The Labute approximate surface area is 92.9 Å². The van der Waals surface area contributed by atoms with Gasteiger partial charge >= 0.3 is 0 Å². The van der Waals surface area contributed by atoms with Crippen LogP contribution in [0.25, 0.3) is 0 Å². The van der Waals surface area contributed by atoms with Gasteiger partial charge in [-0.2, -0.15) is 0 Å². The van der Waals surface area contributed by atoms with E-state index in [1.807, 2.05) is 0 Å². The number of nitrogens with zero attached hydrogens (tertiary/aromatic N) is 1. The van der Waals surface area contributed by atoms with Crippen molar-refractivity contribution in [3.05, 3.63) is 35.4 Å². The second kappa shape index (κ2) is 4.87. The van der Waals surface area contributed by atoms with Gasteiger partial charge < -0.3 is 0 Å². The molecule has 0 aromatic heterocycles. The largest absolute Gasteiger partial charge is 0.270 e. The van der Waals surface area contributed by atoms with E-state index in [1.54, 1.807) is 4.90 Å². The molecular formula is C12H14F3N. The topological polar surface area (TPSA) is 3.24 Å². The normalized spacial score (nSPS) is 19.7. The van der Waals surface area contributed by atoms with E-state index in [1.165, 1.54) is 6.07 Å². The molecule has 16 heavy (non-hydrogen) atoms. The van der Waals surface area contributed by atoms with E-state index in [4.69, 9.17) is 0 Å². The SMILES string of the molecule is Fc1ccc(C(F)N2CCCCC2)c(F)c1. The van der Waals surface area contributed by atoms with Crippen LogP contribution in [0.3, 0.4) is 0 Å². The van der Waals surface area contributed by atoms with Gasteiger partial charge in [-0.1, -0.05) is 6.42 Å². The van der Waals surface area contributed by atoms with E-state index in [9.17, 15) is 13.2 Å². The smallest absolute Gasteiger partial charge is 0.182 e. The zero-order valence-corrected chi connectivity index (χ0v) is 8.93. The van der Waals surface area contributed by atoms with Crippen molar-refractivity contribution in [3.8, 4) is 0 Å². The number of hydrogen-bond donors (Lipinski definition) is 0. The van der Waals surface area contributed by atoms with Crippen LogP contribution in [0.5, 0.6) is 0 Å². The third-order valence-corrected chi connectivity index (χ3v) is 2.93. The Hall–Kier alpha value is -1.03. The van der Waals surface area contributed by atoms with Crippen LogP contribution < -0.4 is 0 Å². The lowest BCUT2D eigenvalue weighted by Gasteiger charge is -2.29. The van der Waals surface area contributed by atoms with Gasteiger partial charge in [0.25, 0.3) is 0 Å². The number of hydrogen-bond acceptors (Lipinski definition) is 1. The standard InChI is InChI=1S/C12H14F3N/c13-9-4-5-10(11(14)8-9)12(15)16-6-2-1-3-7-16/h4-5,8,12H,1-3,6-7H2. The second-order valence-electron chi connectivity index (χ2n) is 4.10. The summed E-state index contributed by atoms with van der Waals surface area (Å²) in [5.74, 6) is -1.48. The van der Waals surface area contributed by atoms with Crippen LogP contribution >= 0.6 is 0 Å². The fourth-order valence-corrected chi connectivity index (χ4v) is 2.04. The molecule has 88 valence electrons. The summed E-state index contributed by atoms with van der Waals surface area (Å²) in [5, 5.41) is 0. The maximum atomic E-state index is 14.0. The highest BCUT2D eigenvalue weighted by Gasteiger charge is 2.24. The fourth-order valence-electron chi connectivity index (χ4n) is 2.04. The summed E-state index contributed by atoms with van der Waals surface area (Å²) in [4.78, 5) is 1.60. The molecule has 0 saturated carbocycles. The molecule has 1 unspecified atom stereocenters. The van der Waals surface area contributed by atoms with E-state index in [0.29, 0.717) is 13.1 Å². The highest BCUT2D eigenvalue weighted by Crippen LogP contribution is 2.27. The minimum absolute atomic E-state index is 0.0664. The zero-order chi connectivity index (χ0) is 11.5. The molecule has 1 aliphatic rings. The van der Waals surface area contributed by atoms with Crippen molar-refractivity contribution in [2.75, 3.05) is 13.1 Å². The van der Waals surface area contributed by atoms with E-state index in [-0.39, 0.29) is 5.56 Å². The van der Waals surface area contributed by atoms with Gasteiger partial charge in [0, 0.05) is 24.7 Å². The van der Waals surface area contributed by atoms with Crippen molar-refractivity contribution < 1.29 is 13.2 Å². The predicted molar refractivity (Wildman–Crippen MR) is 55.6 cm³/mol. The Kier molecular flexibility index (Phi) is 3.49. The number of rotatable bonds is 2. The van der Waals surface area contributed by atoms with Crippen molar-refractivity contribution in [1.82, 2.24) is 4.90 Å². The molecule has 1 aromatic rings. The molecule has 1 heterocycles. The van der Waals surface area contributed by atoms with E-state index in [2.05, 4.69) is 0 Å². The Balaban J connectivity index is 2.15. The van der Waals surface area contributed by atoms with Crippen LogP contribution in [0.15, 0.2) is 18.2 Å². The molecule has 0 bridgehead atoms. The first-order valence-electron chi connectivity index (χ1n) is 5.51. The molecule has 4 heteroatoms. The fraction of sp³-hybridized carbons (Fsp3) is 0.500. The van der Waals surface area contributed by atoms with Crippen LogP contribution in [-0.2, 0) is 0 Å². The molecule has 2 rings (SSSR count). The minimum atomic E-state index is -1.46. The summed E-state index contributed by atoms with van der Waals surface area (Å²) in [6.07, 6.45) is 1.50. The summed E-state index contributed by atoms with van der Waals surface area (Å²) in [6.45, 7) is 1.27. The molecule has 1 aromatic carbocycles. The Morgan fingerprint density at radius 2 is 1.75 bits per heavy atom. The number of alkyl halides is 1.